The van der Waals surface area contributed by atoms with Crippen LogP contribution in [-0.2, 0) is 0 Å². The van der Waals surface area contributed by atoms with E-state index in [1.165, 1.54) is 0 Å². The zero-order chi connectivity index (χ0) is 16.2. The van der Waals surface area contributed by atoms with Gasteiger partial charge in [0.1, 0.15) is 0 Å². The van der Waals surface area contributed by atoms with Gasteiger partial charge in [-0.15, -0.1) is 11.3 Å². The first kappa shape index (κ1) is 16.0. The lowest BCUT2D eigenvalue weighted by molar-refractivity contribution is 0.118. The van der Waals surface area contributed by atoms with E-state index >= 15 is 0 Å². The maximum Gasteiger partial charge on any atom is 0.319 e. The summed E-state index contributed by atoms with van der Waals surface area (Å²) in [5, 5.41) is 18.4. The van der Waals surface area contributed by atoms with Crippen molar-refractivity contribution in [2.75, 3.05) is 5.32 Å². The highest BCUT2D eigenvalue weighted by molar-refractivity contribution is 7.09. The van der Waals surface area contributed by atoms with Gasteiger partial charge in [-0.25, -0.2) is 9.78 Å². The Morgan fingerprint density at radius 1 is 1.22 bits per heavy atom. The summed E-state index contributed by atoms with van der Waals surface area (Å²) >= 11 is 1.62. The van der Waals surface area contributed by atoms with Crippen molar-refractivity contribution in [3.63, 3.8) is 0 Å². The van der Waals surface area contributed by atoms with Crippen LogP contribution in [-0.4, -0.2) is 28.3 Å². The molecule has 1 aliphatic carbocycles. The van der Waals surface area contributed by atoms with E-state index < -0.39 is 0 Å². The molecule has 2 aromatic rings. The number of hydrogen-bond donors (Lipinski definition) is 3. The van der Waals surface area contributed by atoms with Crippen molar-refractivity contribution in [2.24, 2.45) is 0 Å². The molecule has 1 aromatic carbocycles. The Bertz CT molecular complexity index is 661. The molecular weight excluding hydrogens is 310 g/mol. The predicted molar refractivity (Wildman–Crippen MR) is 92.7 cm³/mol. The topological polar surface area (TPSA) is 74.2 Å². The minimum atomic E-state index is -0.210. The Kier molecular flexibility index (Phi) is 4.93. The highest BCUT2D eigenvalue weighted by atomic mass is 32.1. The molecule has 0 saturated heterocycles. The van der Waals surface area contributed by atoms with Crippen molar-refractivity contribution in [2.45, 2.75) is 44.8 Å². The van der Waals surface area contributed by atoms with E-state index in [1.807, 2.05) is 36.6 Å². The second-order valence-corrected chi connectivity index (χ2v) is 7.00. The van der Waals surface area contributed by atoms with Gasteiger partial charge in [0.25, 0.3) is 0 Å². The fraction of sp³-hybridized carbons (Fsp3) is 0.412. The molecule has 0 bridgehead atoms. The number of carbonyl (C=O) groups is 1. The third kappa shape index (κ3) is 4.30. The standard InChI is InChI=1S/C17H21N3O2S/c1-11-18-16(10-23-11)12-2-4-13(5-3-12)19-17(22)20-14-6-8-15(21)9-7-14/h2-5,10,14-15,21H,6-9H2,1H3,(H2,19,20,22). The zero-order valence-electron chi connectivity index (χ0n) is 13.1. The SMILES string of the molecule is Cc1nc(-c2ccc(NC(=O)NC3CCC(O)CC3)cc2)cs1. The van der Waals surface area contributed by atoms with Gasteiger partial charge < -0.3 is 15.7 Å². The minimum absolute atomic E-state index is 0.149. The number of nitrogens with one attached hydrogen (secondary N) is 2. The van der Waals surface area contributed by atoms with E-state index in [4.69, 9.17) is 0 Å². The van der Waals surface area contributed by atoms with Crippen molar-refractivity contribution in [1.29, 1.82) is 0 Å². The van der Waals surface area contributed by atoms with Crippen LogP contribution in [0.4, 0.5) is 10.5 Å². The minimum Gasteiger partial charge on any atom is -0.393 e. The third-order valence-electron chi connectivity index (χ3n) is 4.09. The quantitative estimate of drug-likeness (QED) is 0.805. The van der Waals surface area contributed by atoms with Gasteiger partial charge in [0.05, 0.1) is 16.8 Å². The summed E-state index contributed by atoms with van der Waals surface area (Å²) in [6.45, 7) is 1.98. The summed E-state index contributed by atoms with van der Waals surface area (Å²) < 4.78 is 0. The molecule has 0 radical (unpaired) electrons. The highest BCUT2D eigenvalue weighted by Gasteiger charge is 2.20. The summed E-state index contributed by atoms with van der Waals surface area (Å²) in [6.07, 6.45) is 2.96. The first-order valence-electron chi connectivity index (χ1n) is 7.88. The number of benzene rings is 1. The first-order valence-corrected chi connectivity index (χ1v) is 8.76. The lowest BCUT2D eigenvalue weighted by Crippen LogP contribution is -2.40. The average molecular weight is 331 g/mol. The summed E-state index contributed by atoms with van der Waals surface area (Å²) in [5.41, 5.74) is 2.76. The molecule has 2 amide bonds. The van der Waals surface area contributed by atoms with Gasteiger partial charge in [-0.1, -0.05) is 12.1 Å². The Hall–Kier alpha value is -1.92. The van der Waals surface area contributed by atoms with Gasteiger partial charge in [-0.05, 0) is 44.7 Å². The van der Waals surface area contributed by atoms with E-state index in [2.05, 4.69) is 15.6 Å². The molecule has 6 heteroatoms. The summed E-state index contributed by atoms with van der Waals surface area (Å²) in [7, 11) is 0. The number of aryl methyl sites for hydroxylation is 1. The second-order valence-electron chi connectivity index (χ2n) is 5.93. The van der Waals surface area contributed by atoms with Crippen LogP contribution in [0.25, 0.3) is 11.3 Å². The summed E-state index contributed by atoms with van der Waals surface area (Å²) in [6, 6.07) is 7.64. The van der Waals surface area contributed by atoms with E-state index in [1.54, 1.807) is 11.3 Å². The molecule has 5 nitrogen and oxygen atoms in total. The van der Waals surface area contributed by atoms with Crippen LogP contribution in [0.15, 0.2) is 29.6 Å². The van der Waals surface area contributed by atoms with Crippen LogP contribution in [0.2, 0.25) is 0 Å². The second kappa shape index (κ2) is 7.10. The molecule has 0 unspecified atom stereocenters. The molecule has 3 rings (SSSR count). The van der Waals surface area contributed by atoms with Crippen LogP contribution in [0, 0.1) is 6.92 Å². The van der Waals surface area contributed by atoms with Gasteiger partial charge in [-0.3, -0.25) is 0 Å². The molecule has 23 heavy (non-hydrogen) atoms. The number of carbonyl (C=O) groups excluding carboxylic acids is 1. The van der Waals surface area contributed by atoms with Gasteiger partial charge in [0, 0.05) is 22.7 Å². The third-order valence-corrected chi connectivity index (χ3v) is 4.86. The molecular formula is C17H21N3O2S. The van der Waals surface area contributed by atoms with E-state index in [0.717, 1.165) is 47.6 Å². The Morgan fingerprint density at radius 3 is 2.52 bits per heavy atom. The number of aromatic nitrogens is 1. The fourth-order valence-electron chi connectivity index (χ4n) is 2.79. The molecule has 1 aromatic heterocycles. The number of urea groups is 1. The maximum atomic E-state index is 12.0. The lowest BCUT2D eigenvalue weighted by atomic mass is 9.93. The van der Waals surface area contributed by atoms with Crippen LogP contribution in [0.3, 0.4) is 0 Å². The molecule has 0 spiro atoms. The van der Waals surface area contributed by atoms with Crippen molar-refractivity contribution in [3.05, 3.63) is 34.7 Å². The van der Waals surface area contributed by atoms with Gasteiger partial charge in [0.15, 0.2) is 0 Å². The van der Waals surface area contributed by atoms with Crippen molar-refractivity contribution < 1.29 is 9.90 Å². The summed E-state index contributed by atoms with van der Waals surface area (Å²) in [4.78, 5) is 16.5. The summed E-state index contributed by atoms with van der Waals surface area (Å²) in [5.74, 6) is 0. The number of thiazole rings is 1. The number of aliphatic hydroxyl groups excluding tert-OH is 1. The monoisotopic (exact) mass is 331 g/mol. The first-order chi connectivity index (χ1) is 11.1. The zero-order valence-corrected chi connectivity index (χ0v) is 13.9. The fourth-order valence-corrected chi connectivity index (χ4v) is 3.42. The molecule has 0 aliphatic heterocycles. The van der Waals surface area contributed by atoms with Crippen LogP contribution >= 0.6 is 11.3 Å². The largest absolute Gasteiger partial charge is 0.393 e. The van der Waals surface area contributed by atoms with E-state index in [-0.39, 0.29) is 18.2 Å². The molecule has 0 atom stereocenters. The number of anilines is 1. The van der Waals surface area contributed by atoms with Crippen molar-refractivity contribution in [1.82, 2.24) is 10.3 Å². The number of aliphatic hydroxyl groups is 1. The van der Waals surface area contributed by atoms with Gasteiger partial charge in [0.2, 0.25) is 0 Å². The van der Waals surface area contributed by atoms with Crippen LogP contribution < -0.4 is 10.6 Å². The molecule has 1 heterocycles. The predicted octanol–water partition coefficient (Wildman–Crippen LogP) is 3.54. The van der Waals surface area contributed by atoms with Crippen LogP contribution in [0.5, 0.6) is 0 Å². The highest BCUT2D eigenvalue weighted by Crippen LogP contribution is 2.23. The Morgan fingerprint density at radius 2 is 1.91 bits per heavy atom. The van der Waals surface area contributed by atoms with Crippen LogP contribution in [0.1, 0.15) is 30.7 Å². The molecule has 1 saturated carbocycles. The molecule has 3 N–H and O–H groups in total. The molecule has 122 valence electrons. The number of hydrogen-bond acceptors (Lipinski definition) is 4. The number of amides is 2. The molecule has 1 fully saturated rings. The normalized spacial score (nSPS) is 21.0. The Balaban J connectivity index is 1.54. The van der Waals surface area contributed by atoms with E-state index in [9.17, 15) is 9.90 Å². The van der Waals surface area contributed by atoms with E-state index in [0.29, 0.717) is 0 Å². The smallest absolute Gasteiger partial charge is 0.319 e. The van der Waals surface area contributed by atoms with Gasteiger partial charge in [-0.2, -0.15) is 0 Å². The average Bonchev–Trinajstić information content (AvgIpc) is 2.97. The van der Waals surface area contributed by atoms with Gasteiger partial charge >= 0.3 is 6.03 Å². The molecule has 1 aliphatic rings. The Labute approximate surface area is 139 Å². The lowest BCUT2D eigenvalue weighted by Gasteiger charge is -2.26. The van der Waals surface area contributed by atoms with Crippen molar-refractivity contribution in [3.8, 4) is 11.3 Å². The number of nitrogens with zero attached hydrogens (tertiary/aromatic N) is 1. The van der Waals surface area contributed by atoms with Crippen molar-refractivity contribution >= 4 is 23.1 Å². The maximum absolute atomic E-state index is 12.0. The number of rotatable bonds is 3.